The van der Waals surface area contributed by atoms with Gasteiger partial charge in [0, 0.05) is 28.6 Å². The molecule has 0 radical (unpaired) electrons. The van der Waals surface area contributed by atoms with Crippen LogP contribution in [0.5, 0.6) is 0 Å². The summed E-state index contributed by atoms with van der Waals surface area (Å²) < 4.78 is 21.6. The molecule has 0 aliphatic rings. The molecule has 0 unspecified atom stereocenters. The molecule has 126 valence electrons. The number of aliphatic hydroxyl groups excluding tert-OH is 1. The number of fused-ring (bicyclic) bond motifs is 1. The Morgan fingerprint density at radius 3 is 2.96 bits per heavy atom. The highest BCUT2D eigenvalue weighted by Gasteiger charge is 2.16. The minimum absolute atomic E-state index is 0.0663. The van der Waals surface area contributed by atoms with E-state index in [4.69, 9.17) is 9.84 Å². The number of aromatic amines is 1. The Bertz CT molecular complexity index is 872. The second-order valence-corrected chi connectivity index (χ2v) is 7.12. The van der Waals surface area contributed by atoms with Gasteiger partial charge in [-0.3, -0.25) is 10.1 Å². The van der Waals surface area contributed by atoms with E-state index in [1.165, 1.54) is 6.07 Å². The van der Waals surface area contributed by atoms with Gasteiger partial charge in [-0.2, -0.15) is 5.10 Å². The molecule has 0 fully saturated rings. The van der Waals surface area contributed by atoms with E-state index < -0.39 is 0 Å². The number of rotatable bonds is 6. The minimum Gasteiger partial charge on any atom is -0.396 e. The van der Waals surface area contributed by atoms with Gasteiger partial charge in [0.1, 0.15) is 9.52 Å². The van der Waals surface area contributed by atoms with E-state index in [1.807, 2.05) is 12.1 Å². The van der Waals surface area contributed by atoms with Gasteiger partial charge in [0.05, 0.1) is 24.0 Å². The van der Waals surface area contributed by atoms with Crippen LogP contribution in [0.3, 0.4) is 0 Å². The van der Waals surface area contributed by atoms with Crippen LogP contribution in [0.25, 0.3) is 22.2 Å². The average molecular weight is 506 g/mol. The highest BCUT2D eigenvalue weighted by atomic mass is 127. The molecule has 0 amide bonds. The van der Waals surface area contributed by atoms with Crippen LogP contribution in [0.2, 0.25) is 0 Å². The third-order valence-electron chi connectivity index (χ3n) is 3.50. The SMILES string of the molecule is OCCCOCc1cc(Br)cc(F)c1-c1cc2c(I)n[nH]c2cn1. The molecule has 2 heterocycles. The molecular weight excluding hydrogens is 492 g/mol. The van der Waals surface area contributed by atoms with Crippen LogP contribution in [-0.4, -0.2) is 33.5 Å². The van der Waals surface area contributed by atoms with Crippen molar-refractivity contribution < 1.29 is 14.2 Å². The Labute approximate surface area is 159 Å². The fraction of sp³-hybridized carbons (Fsp3) is 0.250. The van der Waals surface area contributed by atoms with Gasteiger partial charge >= 0.3 is 0 Å². The van der Waals surface area contributed by atoms with Gasteiger partial charge in [-0.15, -0.1) is 0 Å². The first kappa shape index (κ1) is 17.7. The Hall–Kier alpha value is -1.10. The number of benzene rings is 1. The number of hydrogen-bond donors (Lipinski definition) is 2. The first-order valence-electron chi connectivity index (χ1n) is 7.26. The van der Waals surface area contributed by atoms with E-state index in [0.29, 0.717) is 34.3 Å². The van der Waals surface area contributed by atoms with Crippen molar-refractivity contribution in [2.75, 3.05) is 13.2 Å². The van der Waals surface area contributed by atoms with Crippen LogP contribution in [0, 0.1) is 9.52 Å². The van der Waals surface area contributed by atoms with Gasteiger partial charge in [0.2, 0.25) is 0 Å². The van der Waals surface area contributed by atoms with Crippen molar-refractivity contribution >= 4 is 49.4 Å². The van der Waals surface area contributed by atoms with Crippen LogP contribution in [0.4, 0.5) is 4.39 Å². The molecule has 5 nitrogen and oxygen atoms in total. The number of aliphatic hydroxyl groups is 1. The number of aromatic nitrogens is 3. The predicted molar refractivity (Wildman–Crippen MR) is 101 cm³/mol. The Morgan fingerprint density at radius 1 is 1.33 bits per heavy atom. The highest BCUT2D eigenvalue weighted by molar-refractivity contribution is 14.1. The van der Waals surface area contributed by atoms with Gasteiger partial charge in [0.25, 0.3) is 0 Å². The summed E-state index contributed by atoms with van der Waals surface area (Å²) in [6.07, 6.45) is 2.20. The summed E-state index contributed by atoms with van der Waals surface area (Å²) >= 11 is 5.44. The Kier molecular flexibility index (Phi) is 5.80. The van der Waals surface area contributed by atoms with Gasteiger partial charge in [0.15, 0.2) is 0 Å². The fourth-order valence-electron chi connectivity index (χ4n) is 2.40. The standard InChI is InChI=1S/C16H14BrFIN3O2/c17-10-4-9(8-24-3-1-2-23)15(12(18)5-10)13-6-11-14(7-20-13)21-22-16(11)19/h4-7,23H,1-3,8H2,(H,21,22). The van der Waals surface area contributed by atoms with Crippen molar-refractivity contribution in [1.29, 1.82) is 0 Å². The summed E-state index contributed by atoms with van der Waals surface area (Å²) in [7, 11) is 0. The lowest BCUT2D eigenvalue weighted by atomic mass is 10.0. The van der Waals surface area contributed by atoms with E-state index in [1.54, 1.807) is 6.20 Å². The van der Waals surface area contributed by atoms with Crippen molar-refractivity contribution in [3.05, 3.63) is 43.9 Å². The third-order valence-corrected chi connectivity index (χ3v) is 4.78. The second kappa shape index (κ2) is 7.85. The van der Waals surface area contributed by atoms with E-state index in [-0.39, 0.29) is 19.0 Å². The lowest BCUT2D eigenvalue weighted by molar-refractivity contribution is 0.104. The number of halogens is 3. The lowest BCUT2D eigenvalue weighted by Crippen LogP contribution is -2.02. The molecule has 3 rings (SSSR count). The van der Waals surface area contributed by atoms with Crippen LogP contribution < -0.4 is 0 Å². The minimum atomic E-state index is -0.365. The summed E-state index contributed by atoms with van der Waals surface area (Å²) in [5.41, 5.74) is 2.46. The van der Waals surface area contributed by atoms with Crippen molar-refractivity contribution in [1.82, 2.24) is 15.2 Å². The van der Waals surface area contributed by atoms with Gasteiger partial charge < -0.3 is 9.84 Å². The zero-order valence-electron chi connectivity index (χ0n) is 12.5. The molecule has 0 saturated heterocycles. The normalized spacial score (nSPS) is 11.3. The number of pyridine rings is 1. The predicted octanol–water partition coefficient (Wildman–Crippen LogP) is 4.03. The molecule has 0 spiro atoms. The van der Waals surface area contributed by atoms with E-state index in [0.717, 1.165) is 14.6 Å². The molecular formula is C16H14BrFIN3O2. The molecule has 2 aromatic heterocycles. The zero-order valence-corrected chi connectivity index (χ0v) is 16.3. The molecule has 0 bridgehead atoms. The van der Waals surface area contributed by atoms with Crippen LogP contribution in [0.15, 0.2) is 28.9 Å². The number of ether oxygens (including phenoxy) is 1. The lowest BCUT2D eigenvalue weighted by Gasteiger charge is -2.12. The number of nitrogens with zero attached hydrogens (tertiary/aromatic N) is 2. The molecule has 0 aliphatic carbocycles. The van der Waals surface area contributed by atoms with E-state index in [9.17, 15) is 4.39 Å². The van der Waals surface area contributed by atoms with Crippen molar-refractivity contribution in [3.8, 4) is 11.3 Å². The molecule has 1 aromatic carbocycles. The fourth-order valence-corrected chi connectivity index (χ4v) is 3.44. The summed E-state index contributed by atoms with van der Waals surface area (Å²) in [4.78, 5) is 4.36. The molecule has 8 heteroatoms. The topological polar surface area (TPSA) is 71.0 Å². The Balaban J connectivity index is 2.02. The van der Waals surface area contributed by atoms with Crippen molar-refractivity contribution in [2.45, 2.75) is 13.0 Å². The second-order valence-electron chi connectivity index (χ2n) is 5.18. The van der Waals surface area contributed by atoms with Crippen molar-refractivity contribution in [3.63, 3.8) is 0 Å². The molecule has 0 atom stereocenters. The first-order valence-corrected chi connectivity index (χ1v) is 9.14. The van der Waals surface area contributed by atoms with Gasteiger partial charge in [-0.25, -0.2) is 4.39 Å². The van der Waals surface area contributed by atoms with E-state index >= 15 is 0 Å². The molecule has 3 aromatic rings. The molecule has 0 saturated carbocycles. The van der Waals surface area contributed by atoms with Crippen LogP contribution in [-0.2, 0) is 11.3 Å². The molecule has 2 N–H and O–H groups in total. The average Bonchev–Trinajstić information content (AvgIpc) is 2.92. The summed E-state index contributed by atoms with van der Waals surface area (Å²) in [6, 6.07) is 5.06. The first-order chi connectivity index (χ1) is 11.6. The monoisotopic (exact) mass is 505 g/mol. The maximum atomic E-state index is 14.6. The highest BCUT2D eigenvalue weighted by Crippen LogP contribution is 2.31. The number of nitrogens with one attached hydrogen (secondary N) is 1. The van der Waals surface area contributed by atoms with Gasteiger partial charge in [-0.05, 0) is 52.8 Å². The summed E-state index contributed by atoms with van der Waals surface area (Å²) in [6.45, 7) is 0.723. The summed E-state index contributed by atoms with van der Waals surface area (Å²) in [5.74, 6) is -0.365. The third kappa shape index (κ3) is 3.76. The quantitative estimate of drug-likeness (QED) is 0.392. The number of H-pyrrole nitrogens is 1. The molecule has 24 heavy (non-hydrogen) atoms. The van der Waals surface area contributed by atoms with Gasteiger partial charge in [-0.1, -0.05) is 15.9 Å². The Morgan fingerprint density at radius 2 is 2.17 bits per heavy atom. The number of hydrogen-bond acceptors (Lipinski definition) is 4. The maximum absolute atomic E-state index is 14.6. The van der Waals surface area contributed by atoms with Crippen molar-refractivity contribution in [2.24, 2.45) is 0 Å². The largest absolute Gasteiger partial charge is 0.396 e. The smallest absolute Gasteiger partial charge is 0.134 e. The molecule has 0 aliphatic heterocycles. The van der Waals surface area contributed by atoms with E-state index in [2.05, 4.69) is 53.7 Å². The van der Waals surface area contributed by atoms with Crippen LogP contribution >= 0.6 is 38.5 Å². The maximum Gasteiger partial charge on any atom is 0.134 e. The van der Waals surface area contributed by atoms with Crippen LogP contribution in [0.1, 0.15) is 12.0 Å². The zero-order chi connectivity index (χ0) is 17.1. The summed E-state index contributed by atoms with van der Waals surface area (Å²) in [5, 5.41) is 16.7.